The number of fused-ring (bicyclic) bond motifs is 1. The maximum Gasteiger partial charge on any atom is 0.119 e. The van der Waals surface area contributed by atoms with Crippen LogP contribution in [0.2, 0.25) is 5.02 Å². The molecule has 0 N–H and O–H groups in total. The Morgan fingerprint density at radius 1 is 1.44 bits per heavy atom. The van der Waals surface area contributed by atoms with Gasteiger partial charge >= 0.3 is 0 Å². The van der Waals surface area contributed by atoms with Crippen LogP contribution in [-0.2, 0) is 4.74 Å². The molecule has 2 aromatic rings. The third kappa shape index (κ3) is 2.02. The van der Waals surface area contributed by atoms with Crippen molar-refractivity contribution in [3.63, 3.8) is 0 Å². The number of benzene rings is 1. The minimum absolute atomic E-state index is 0.611. The Morgan fingerprint density at radius 3 is 3.00 bits per heavy atom. The first-order valence-corrected chi connectivity index (χ1v) is 5.46. The van der Waals surface area contributed by atoms with E-state index >= 15 is 0 Å². The van der Waals surface area contributed by atoms with Gasteiger partial charge < -0.3 is 4.74 Å². The molecule has 82 valence electrons. The lowest BCUT2D eigenvalue weighted by Gasteiger charge is -2.08. The Hall–Kier alpha value is -1.54. The standard InChI is InChI=1S/C13H12ClNO/c1-3-16-9(2)10-4-5-11-12(14)6-7-15-13(11)8-10/h4-8H,2-3H2,1H3. The van der Waals surface area contributed by atoms with Crippen molar-refractivity contribution in [2.75, 3.05) is 6.61 Å². The number of pyridine rings is 1. The fourth-order valence-electron chi connectivity index (χ4n) is 1.54. The molecule has 0 saturated carbocycles. The summed E-state index contributed by atoms with van der Waals surface area (Å²) < 4.78 is 5.35. The second-order valence-electron chi connectivity index (χ2n) is 3.38. The van der Waals surface area contributed by atoms with E-state index in [-0.39, 0.29) is 0 Å². The van der Waals surface area contributed by atoms with Crippen molar-refractivity contribution in [1.29, 1.82) is 0 Å². The highest BCUT2D eigenvalue weighted by Crippen LogP contribution is 2.24. The number of nitrogens with zero attached hydrogens (tertiary/aromatic N) is 1. The number of halogens is 1. The maximum absolute atomic E-state index is 6.06. The lowest BCUT2D eigenvalue weighted by atomic mass is 10.1. The summed E-state index contributed by atoms with van der Waals surface area (Å²) in [6, 6.07) is 7.58. The van der Waals surface area contributed by atoms with Crippen molar-refractivity contribution in [3.8, 4) is 0 Å². The minimum atomic E-state index is 0.611. The van der Waals surface area contributed by atoms with Crippen molar-refractivity contribution < 1.29 is 4.74 Å². The predicted molar refractivity (Wildman–Crippen MR) is 67.4 cm³/mol. The van der Waals surface area contributed by atoms with Gasteiger partial charge in [-0.1, -0.05) is 30.3 Å². The summed E-state index contributed by atoms with van der Waals surface area (Å²) >= 11 is 6.06. The van der Waals surface area contributed by atoms with E-state index < -0.39 is 0 Å². The van der Waals surface area contributed by atoms with E-state index in [1.807, 2.05) is 25.1 Å². The van der Waals surface area contributed by atoms with E-state index in [0.29, 0.717) is 17.4 Å². The molecule has 1 aromatic carbocycles. The molecule has 0 unspecified atom stereocenters. The number of rotatable bonds is 3. The molecule has 0 aliphatic carbocycles. The van der Waals surface area contributed by atoms with E-state index in [4.69, 9.17) is 16.3 Å². The highest BCUT2D eigenvalue weighted by molar-refractivity contribution is 6.35. The van der Waals surface area contributed by atoms with Gasteiger partial charge in [0.2, 0.25) is 0 Å². The van der Waals surface area contributed by atoms with Crippen LogP contribution in [0.25, 0.3) is 16.7 Å². The summed E-state index contributed by atoms with van der Waals surface area (Å²) in [7, 11) is 0. The Balaban J connectivity index is 2.48. The highest BCUT2D eigenvalue weighted by Gasteiger charge is 2.04. The number of hydrogen-bond acceptors (Lipinski definition) is 2. The van der Waals surface area contributed by atoms with Crippen LogP contribution < -0.4 is 0 Å². The molecule has 0 fully saturated rings. The number of hydrogen-bond donors (Lipinski definition) is 0. The molecule has 0 amide bonds. The molecule has 0 radical (unpaired) electrons. The van der Waals surface area contributed by atoms with Crippen LogP contribution in [0.3, 0.4) is 0 Å². The second kappa shape index (κ2) is 4.54. The van der Waals surface area contributed by atoms with E-state index in [9.17, 15) is 0 Å². The Bertz CT molecular complexity index is 536. The van der Waals surface area contributed by atoms with Gasteiger partial charge in [-0.25, -0.2) is 0 Å². The summed E-state index contributed by atoms with van der Waals surface area (Å²) in [6.07, 6.45) is 1.69. The van der Waals surface area contributed by atoms with Gasteiger partial charge in [-0.05, 0) is 19.1 Å². The molecule has 1 aromatic heterocycles. The normalized spacial score (nSPS) is 10.4. The first-order valence-electron chi connectivity index (χ1n) is 5.08. The zero-order valence-electron chi connectivity index (χ0n) is 9.03. The third-order valence-electron chi connectivity index (χ3n) is 2.33. The summed E-state index contributed by atoms with van der Waals surface area (Å²) in [5, 5.41) is 1.65. The van der Waals surface area contributed by atoms with Crippen LogP contribution in [0, 0.1) is 0 Å². The van der Waals surface area contributed by atoms with E-state index in [2.05, 4.69) is 11.6 Å². The van der Waals surface area contributed by atoms with Crippen molar-refractivity contribution in [2.24, 2.45) is 0 Å². The molecule has 2 rings (SSSR count). The molecule has 0 saturated heterocycles. The molecule has 1 heterocycles. The zero-order valence-corrected chi connectivity index (χ0v) is 9.79. The Kier molecular flexibility index (Phi) is 3.11. The lowest BCUT2D eigenvalue weighted by Crippen LogP contribution is -1.90. The molecular weight excluding hydrogens is 222 g/mol. The smallest absolute Gasteiger partial charge is 0.119 e. The second-order valence-corrected chi connectivity index (χ2v) is 3.79. The monoisotopic (exact) mass is 233 g/mol. The SMILES string of the molecule is C=C(OCC)c1ccc2c(Cl)ccnc2c1. The first-order chi connectivity index (χ1) is 7.72. The molecule has 0 bridgehead atoms. The maximum atomic E-state index is 6.06. The summed E-state index contributed by atoms with van der Waals surface area (Å²) in [4.78, 5) is 4.26. The van der Waals surface area contributed by atoms with Gasteiger partial charge in [-0.15, -0.1) is 0 Å². The third-order valence-corrected chi connectivity index (χ3v) is 2.66. The van der Waals surface area contributed by atoms with Gasteiger partial charge in [-0.2, -0.15) is 0 Å². The van der Waals surface area contributed by atoms with Gasteiger partial charge in [0, 0.05) is 17.1 Å². The van der Waals surface area contributed by atoms with Crippen LogP contribution in [0.4, 0.5) is 0 Å². The van der Waals surface area contributed by atoms with Crippen molar-refractivity contribution in [3.05, 3.63) is 47.6 Å². The van der Waals surface area contributed by atoms with E-state index in [0.717, 1.165) is 16.5 Å². The van der Waals surface area contributed by atoms with E-state index in [1.54, 1.807) is 12.3 Å². The molecule has 0 aliphatic rings. The van der Waals surface area contributed by atoms with Crippen LogP contribution in [0.15, 0.2) is 37.0 Å². The quantitative estimate of drug-likeness (QED) is 0.751. The van der Waals surface area contributed by atoms with Crippen LogP contribution in [0.1, 0.15) is 12.5 Å². The predicted octanol–water partition coefficient (Wildman–Crippen LogP) is 3.90. The number of ether oxygens (including phenoxy) is 1. The Morgan fingerprint density at radius 2 is 2.25 bits per heavy atom. The fraction of sp³-hybridized carbons (Fsp3) is 0.154. The highest BCUT2D eigenvalue weighted by atomic mass is 35.5. The zero-order chi connectivity index (χ0) is 11.5. The molecule has 0 aliphatic heterocycles. The summed E-state index contributed by atoms with van der Waals surface area (Å²) in [6.45, 7) is 6.40. The van der Waals surface area contributed by atoms with Crippen LogP contribution in [0.5, 0.6) is 0 Å². The molecule has 0 atom stereocenters. The molecule has 0 spiro atoms. The van der Waals surface area contributed by atoms with Gasteiger partial charge in [0.1, 0.15) is 5.76 Å². The molecular formula is C13H12ClNO. The lowest BCUT2D eigenvalue weighted by molar-refractivity contribution is 0.299. The molecule has 2 nitrogen and oxygen atoms in total. The largest absolute Gasteiger partial charge is 0.494 e. The van der Waals surface area contributed by atoms with Crippen LogP contribution in [-0.4, -0.2) is 11.6 Å². The number of aromatic nitrogens is 1. The topological polar surface area (TPSA) is 22.1 Å². The molecule has 3 heteroatoms. The van der Waals surface area contributed by atoms with E-state index in [1.165, 1.54) is 0 Å². The molecule has 16 heavy (non-hydrogen) atoms. The first kappa shape index (κ1) is 11.0. The van der Waals surface area contributed by atoms with Crippen LogP contribution >= 0.6 is 11.6 Å². The van der Waals surface area contributed by atoms with Crippen molar-refractivity contribution in [2.45, 2.75) is 6.92 Å². The summed E-state index contributed by atoms with van der Waals surface area (Å²) in [5.74, 6) is 0.658. The van der Waals surface area contributed by atoms with Crippen molar-refractivity contribution >= 4 is 28.3 Å². The van der Waals surface area contributed by atoms with Gasteiger partial charge in [0.05, 0.1) is 17.1 Å². The van der Waals surface area contributed by atoms with Gasteiger partial charge in [0.25, 0.3) is 0 Å². The van der Waals surface area contributed by atoms with Crippen molar-refractivity contribution in [1.82, 2.24) is 4.98 Å². The minimum Gasteiger partial charge on any atom is -0.494 e. The summed E-state index contributed by atoms with van der Waals surface area (Å²) in [5.41, 5.74) is 1.79. The van der Waals surface area contributed by atoms with Gasteiger partial charge in [0.15, 0.2) is 0 Å². The Labute approximate surface area is 99.5 Å². The van der Waals surface area contributed by atoms with Gasteiger partial charge in [-0.3, -0.25) is 4.98 Å². The average Bonchev–Trinajstić information content (AvgIpc) is 2.29. The fourth-order valence-corrected chi connectivity index (χ4v) is 1.76. The average molecular weight is 234 g/mol.